The standard InChI is InChI=1S/C19H18ClF3N4O3/c1-8-6-9(2-3-11(8)20)13(28)15-12(19(21,22)23)14(29)18(30-15)27-5-4-10-16(24)25-7-26-17(10)27/h2-7,12-15,18,28-29H,1H3,(H2,24,25,26)/t12-,13-,14-,15+,18-/m1/s1. The highest BCUT2D eigenvalue weighted by Gasteiger charge is 2.60. The molecular weight excluding hydrogens is 425 g/mol. The molecule has 5 atom stereocenters. The molecule has 1 aliphatic rings. The first-order valence-corrected chi connectivity index (χ1v) is 9.38. The summed E-state index contributed by atoms with van der Waals surface area (Å²) in [5, 5.41) is 22.1. The van der Waals surface area contributed by atoms with Crippen LogP contribution in [-0.4, -0.2) is 43.1 Å². The van der Waals surface area contributed by atoms with E-state index in [1.54, 1.807) is 6.92 Å². The molecule has 0 saturated carbocycles. The first-order valence-electron chi connectivity index (χ1n) is 9.01. The molecule has 1 aromatic carbocycles. The highest BCUT2D eigenvalue weighted by Crippen LogP contribution is 2.48. The fraction of sp³-hybridized carbons (Fsp3) is 0.368. The van der Waals surface area contributed by atoms with E-state index in [1.165, 1.54) is 41.4 Å². The number of hydrogen-bond acceptors (Lipinski definition) is 6. The Morgan fingerprint density at radius 1 is 1.27 bits per heavy atom. The van der Waals surface area contributed by atoms with Gasteiger partial charge in [-0.15, -0.1) is 0 Å². The van der Waals surface area contributed by atoms with Crippen LogP contribution in [0.2, 0.25) is 5.02 Å². The molecule has 2 aromatic heterocycles. The second-order valence-electron chi connectivity index (χ2n) is 7.22. The van der Waals surface area contributed by atoms with Crippen molar-refractivity contribution in [3.63, 3.8) is 0 Å². The van der Waals surface area contributed by atoms with Crippen LogP contribution in [0, 0.1) is 12.8 Å². The quantitative estimate of drug-likeness (QED) is 0.575. The second kappa shape index (κ2) is 7.38. The van der Waals surface area contributed by atoms with Crippen molar-refractivity contribution in [3.05, 3.63) is 52.9 Å². The summed E-state index contributed by atoms with van der Waals surface area (Å²) in [4.78, 5) is 7.88. The van der Waals surface area contributed by atoms with E-state index in [1.807, 2.05) is 0 Å². The Labute approximate surface area is 173 Å². The summed E-state index contributed by atoms with van der Waals surface area (Å²) < 4.78 is 48.4. The number of ether oxygens (including phenoxy) is 1. The SMILES string of the molecule is Cc1cc([C@@H](O)[C@H]2O[C@@H](n3ccc4c(N)ncnc43)[C@H](O)[C@H]2C(F)(F)F)ccc1Cl. The van der Waals surface area contributed by atoms with Gasteiger partial charge in [-0.05, 0) is 30.2 Å². The van der Waals surface area contributed by atoms with Crippen molar-refractivity contribution in [1.29, 1.82) is 0 Å². The maximum atomic E-state index is 13.8. The fourth-order valence-electron chi connectivity index (χ4n) is 3.82. The number of anilines is 1. The molecule has 11 heteroatoms. The number of alkyl halides is 3. The highest BCUT2D eigenvalue weighted by molar-refractivity contribution is 6.31. The molecule has 0 bridgehead atoms. The lowest BCUT2D eigenvalue weighted by atomic mass is 9.90. The molecule has 0 amide bonds. The summed E-state index contributed by atoms with van der Waals surface area (Å²) in [7, 11) is 0. The van der Waals surface area contributed by atoms with Crippen molar-refractivity contribution >= 4 is 28.5 Å². The summed E-state index contributed by atoms with van der Waals surface area (Å²) in [6.07, 6.45) is -9.05. The monoisotopic (exact) mass is 442 g/mol. The summed E-state index contributed by atoms with van der Waals surface area (Å²) >= 11 is 5.97. The number of nitrogens with zero attached hydrogens (tertiary/aromatic N) is 3. The van der Waals surface area contributed by atoms with Crippen molar-refractivity contribution < 1.29 is 28.1 Å². The molecule has 0 spiro atoms. The van der Waals surface area contributed by atoms with Gasteiger partial charge in [0.25, 0.3) is 0 Å². The van der Waals surface area contributed by atoms with E-state index in [0.717, 1.165) is 0 Å². The zero-order valence-electron chi connectivity index (χ0n) is 15.6. The number of aliphatic hydroxyl groups is 2. The third-order valence-electron chi connectivity index (χ3n) is 5.34. The molecule has 4 N–H and O–H groups in total. The van der Waals surface area contributed by atoms with Gasteiger partial charge in [0.15, 0.2) is 6.23 Å². The summed E-state index contributed by atoms with van der Waals surface area (Å²) in [6.45, 7) is 1.67. The van der Waals surface area contributed by atoms with Crippen LogP contribution in [0.1, 0.15) is 23.5 Å². The van der Waals surface area contributed by atoms with E-state index in [4.69, 9.17) is 22.1 Å². The van der Waals surface area contributed by atoms with Gasteiger partial charge in [0.1, 0.15) is 42.0 Å². The van der Waals surface area contributed by atoms with Gasteiger partial charge in [-0.25, -0.2) is 9.97 Å². The topological polar surface area (TPSA) is 106 Å². The first kappa shape index (κ1) is 20.9. The highest BCUT2D eigenvalue weighted by atomic mass is 35.5. The van der Waals surface area contributed by atoms with Gasteiger partial charge in [-0.2, -0.15) is 13.2 Å². The molecule has 160 valence electrons. The first-order chi connectivity index (χ1) is 14.1. The average Bonchev–Trinajstić information content (AvgIpc) is 3.25. The molecule has 0 radical (unpaired) electrons. The Morgan fingerprint density at radius 2 is 2.00 bits per heavy atom. The van der Waals surface area contributed by atoms with Crippen LogP contribution in [0.4, 0.5) is 19.0 Å². The number of fused-ring (bicyclic) bond motifs is 1. The number of aromatic nitrogens is 3. The zero-order valence-corrected chi connectivity index (χ0v) is 16.3. The minimum absolute atomic E-state index is 0.145. The van der Waals surface area contributed by atoms with E-state index >= 15 is 0 Å². The van der Waals surface area contributed by atoms with Crippen LogP contribution in [0.25, 0.3) is 11.0 Å². The van der Waals surface area contributed by atoms with Crippen LogP contribution in [0.15, 0.2) is 36.8 Å². The van der Waals surface area contributed by atoms with Crippen molar-refractivity contribution in [2.24, 2.45) is 5.92 Å². The van der Waals surface area contributed by atoms with E-state index in [9.17, 15) is 23.4 Å². The van der Waals surface area contributed by atoms with Gasteiger partial charge in [0.2, 0.25) is 0 Å². The van der Waals surface area contributed by atoms with E-state index in [2.05, 4.69) is 9.97 Å². The molecule has 3 aromatic rings. The number of aryl methyl sites for hydroxylation is 1. The largest absolute Gasteiger partial charge is 0.397 e. The maximum Gasteiger partial charge on any atom is 0.397 e. The molecule has 3 heterocycles. The summed E-state index contributed by atoms with van der Waals surface area (Å²) in [6, 6.07) is 5.92. The number of hydrogen-bond donors (Lipinski definition) is 3. The number of aliphatic hydroxyl groups excluding tert-OH is 2. The Hall–Kier alpha value is -2.40. The van der Waals surface area contributed by atoms with Gasteiger partial charge in [-0.1, -0.05) is 23.7 Å². The second-order valence-corrected chi connectivity index (χ2v) is 7.63. The van der Waals surface area contributed by atoms with Crippen LogP contribution in [0.3, 0.4) is 0 Å². The molecule has 4 rings (SSSR count). The molecule has 7 nitrogen and oxygen atoms in total. The van der Waals surface area contributed by atoms with Gasteiger partial charge >= 0.3 is 6.18 Å². The number of nitrogen functional groups attached to an aromatic ring is 1. The van der Waals surface area contributed by atoms with Gasteiger partial charge in [0, 0.05) is 11.2 Å². The van der Waals surface area contributed by atoms with Gasteiger partial charge in [-0.3, -0.25) is 0 Å². The Morgan fingerprint density at radius 3 is 2.67 bits per heavy atom. The Bertz CT molecular complexity index is 1090. The smallest absolute Gasteiger partial charge is 0.388 e. The Balaban J connectivity index is 1.75. The number of rotatable bonds is 3. The minimum Gasteiger partial charge on any atom is -0.388 e. The van der Waals surface area contributed by atoms with E-state index in [0.29, 0.717) is 16.0 Å². The normalized spacial score (nSPS) is 25.7. The molecule has 0 aliphatic carbocycles. The third-order valence-corrected chi connectivity index (χ3v) is 5.76. The molecule has 1 saturated heterocycles. The lowest BCUT2D eigenvalue weighted by Crippen LogP contribution is -2.40. The fourth-order valence-corrected chi connectivity index (χ4v) is 3.93. The predicted octanol–water partition coefficient (Wildman–Crippen LogP) is 3.15. The molecule has 30 heavy (non-hydrogen) atoms. The van der Waals surface area contributed by atoms with E-state index in [-0.39, 0.29) is 17.0 Å². The van der Waals surface area contributed by atoms with Crippen molar-refractivity contribution in [3.8, 4) is 0 Å². The number of halogens is 4. The Kier molecular flexibility index (Phi) is 5.13. The molecule has 1 fully saturated rings. The lowest BCUT2D eigenvalue weighted by Gasteiger charge is -2.26. The maximum absolute atomic E-state index is 13.8. The molecule has 0 unspecified atom stereocenters. The third kappa shape index (κ3) is 3.39. The van der Waals surface area contributed by atoms with Crippen LogP contribution < -0.4 is 5.73 Å². The predicted molar refractivity (Wildman–Crippen MR) is 103 cm³/mol. The summed E-state index contributed by atoms with van der Waals surface area (Å²) in [5.74, 6) is -2.18. The van der Waals surface area contributed by atoms with Crippen molar-refractivity contribution in [2.45, 2.75) is 37.6 Å². The number of benzene rings is 1. The van der Waals surface area contributed by atoms with Crippen LogP contribution >= 0.6 is 11.6 Å². The minimum atomic E-state index is -4.82. The molecular formula is C19H18ClF3N4O3. The van der Waals surface area contributed by atoms with E-state index < -0.39 is 36.6 Å². The molecule has 1 aliphatic heterocycles. The average molecular weight is 443 g/mol. The van der Waals surface area contributed by atoms with Crippen molar-refractivity contribution in [1.82, 2.24) is 14.5 Å². The lowest BCUT2D eigenvalue weighted by molar-refractivity contribution is -0.211. The zero-order chi connectivity index (χ0) is 21.8. The summed E-state index contributed by atoms with van der Waals surface area (Å²) in [5.41, 5.74) is 6.79. The van der Waals surface area contributed by atoms with Crippen LogP contribution in [-0.2, 0) is 4.74 Å². The van der Waals surface area contributed by atoms with Gasteiger partial charge in [0.05, 0.1) is 5.39 Å². The van der Waals surface area contributed by atoms with Crippen LogP contribution in [0.5, 0.6) is 0 Å². The number of nitrogens with two attached hydrogens (primary N) is 1. The van der Waals surface area contributed by atoms with Crippen molar-refractivity contribution in [2.75, 3.05) is 5.73 Å². The van der Waals surface area contributed by atoms with Gasteiger partial charge < -0.3 is 25.3 Å².